The molecule has 2 heteroatoms. The van der Waals surface area contributed by atoms with Crippen LogP contribution in [0.15, 0.2) is 18.2 Å². The monoisotopic (exact) mass is 370 g/mol. The average Bonchev–Trinajstić information content (AvgIpc) is 2.68. The largest absolute Gasteiger partial charge is 0.478 e. The lowest BCUT2D eigenvalue weighted by Gasteiger charge is -2.41. The number of benzene rings is 1. The molecule has 150 valence electrons. The third-order valence-electron chi connectivity index (χ3n) is 7.29. The van der Waals surface area contributed by atoms with Gasteiger partial charge in [-0.25, -0.2) is 4.79 Å². The van der Waals surface area contributed by atoms with E-state index in [1.54, 1.807) is 0 Å². The van der Waals surface area contributed by atoms with Gasteiger partial charge >= 0.3 is 5.97 Å². The Hall–Kier alpha value is -1.31. The van der Waals surface area contributed by atoms with Crippen molar-refractivity contribution in [3.63, 3.8) is 0 Å². The van der Waals surface area contributed by atoms with Crippen LogP contribution in [0.2, 0.25) is 0 Å². The molecule has 0 heterocycles. The second kappa shape index (κ2) is 9.75. The minimum absolute atomic E-state index is 0.461. The summed E-state index contributed by atoms with van der Waals surface area (Å²) in [5.41, 5.74) is 3.27. The number of carboxylic acids is 1. The van der Waals surface area contributed by atoms with E-state index in [4.69, 9.17) is 0 Å². The number of aromatic carboxylic acids is 1. The summed E-state index contributed by atoms with van der Waals surface area (Å²) in [5, 5.41) is 9.37. The van der Waals surface area contributed by atoms with E-state index in [2.05, 4.69) is 19.9 Å². The summed E-state index contributed by atoms with van der Waals surface area (Å²) in [5.74, 6) is 2.35. The minimum atomic E-state index is -0.793. The van der Waals surface area contributed by atoms with Crippen molar-refractivity contribution in [2.75, 3.05) is 0 Å². The summed E-state index contributed by atoms with van der Waals surface area (Å²) in [6.45, 7) is 4.68. The summed E-state index contributed by atoms with van der Waals surface area (Å²) in [7, 11) is 0. The molecule has 2 nitrogen and oxygen atoms in total. The van der Waals surface area contributed by atoms with Crippen molar-refractivity contribution in [2.24, 2.45) is 17.8 Å². The molecule has 1 fully saturated rings. The van der Waals surface area contributed by atoms with Gasteiger partial charge in [-0.1, -0.05) is 64.9 Å². The molecule has 0 radical (unpaired) electrons. The van der Waals surface area contributed by atoms with Gasteiger partial charge in [-0.3, -0.25) is 0 Å². The van der Waals surface area contributed by atoms with Gasteiger partial charge in [0.05, 0.1) is 5.56 Å². The van der Waals surface area contributed by atoms with E-state index in [9.17, 15) is 9.90 Å². The maximum atomic E-state index is 11.4. The van der Waals surface area contributed by atoms with E-state index < -0.39 is 5.97 Å². The maximum absolute atomic E-state index is 11.4. The molecule has 1 aromatic carbocycles. The predicted molar refractivity (Wildman–Crippen MR) is 112 cm³/mol. The summed E-state index contributed by atoms with van der Waals surface area (Å²) < 4.78 is 0. The normalized spacial score (nSPS) is 27.9. The van der Waals surface area contributed by atoms with E-state index in [-0.39, 0.29) is 0 Å². The van der Waals surface area contributed by atoms with Crippen molar-refractivity contribution in [3.05, 3.63) is 34.9 Å². The zero-order valence-corrected chi connectivity index (χ0v) is 17.4. The molecule has 0 bridgehead atoms. The molecule has 0 spiro atoms. The molecule has 0 aromatic heterocycles. The smallest absolute Gasteiger partial charge is 0.335 e. The van der Waals surface area contributed by atoms with Crippen molar-refractivity contribution in [1.29, 1.82) is 0 Å². The SMILES string of the molecule is CCCCCCCC1CCc2cc(C(=O)O)ccc2C1[C@H]1CC[C@H](C)CC1. The Morgan fingerprint density at radius 1 is 1.04 bits per heavy atom. The Balaban J connectivity index is 1.76. The number of unbranched alkanes of at least 4 members (excludes halogenated alkanes) is 4. The van der Waals surface area contributed by atoms with Crippen LogP contribution >= 0.6 is 0 Å². The highest BCUT2D eigenvalue weighted by atomic mass is 16.4. The number of rotatable bonds is 8. The van der Waals surface area contributed by atoms with Gasteiger partial charge in [-0.05, 0) is 79.0 Å². The van der Waals surface area contributed by atoms with Crippen LogP contribution in [0.3, 0.4) is 0 Å². The standard InChI is InChI=1S/C25H38O2/c1-3-4-5-6-7-8-19-13-14-21-17-22(25(26)27)15-16-23(21)24(19)20-11-9-18(2)10-12-20/h15-20,24H,3-14H2,1-2H3,(H,26,27)/t18-,19?,20-,24?. The van der Waals surface area contributed by atoms with E-state index >= 15 is 0 Å². The second-order valence-electron chi connectivity index (χ2n) is 9.27. The van der Waals surface area contributed by atoms with Gasteiger partial charge in [0.2, 0.25) is 0 Å². The Morgan fingerprint density at radius 3 is 2.48 bits per heavy atom. The molecule has 0 amide bonds. The Morgan fingerprint density at radius 2 is 1.78 bits per heavy atom. The number of aryl methyl sites for hydroxylation is 1. The molecular weight excluding hydrogens is 332 g/mol. The lowest BCUT2D eigenvalue weighted by Crippen LogP contribution is -2.30. The van der Waals surface area contributed by atoms with Crippen molar-refractivity contribution in [2.45, 2.75) is 96.8 Å². The van der Waals surface area contributed by atoms with Gasteiger partial charge < -0.3 is 5.11 Å². The van der Waals surface area contributed by atoms with Gasteiger partial charge in [-0.2, -0.15) is 0 Å². The lowest BCUT2D eigenvalue weighted by atomic mass is 9.63. The van der Waals surface area contributed by atoms with Crippen molar-refractivity contribution < 1.29 is 9.90 Å². The molecular formula is C25H38O2. The fraction of sp³-hybridized carbons (Fsp3) is 0.720. The van der Waals surface area contributed by atoms with Gasteiger partial charge in [0.25, 0.3) is 0 Å². The Labute approximate surface area is 165 Å². The van der Waals surface area contributed by atoms with Gasteiger partial charge in [0.1, 0.15) is 0 Å². The summed E-state index contributed by atoms with van der Waals surface area (Å²) in [6, 6.07) is 5.99. The van der Waals surface area contributed by atoms with Crippen LogP contribution < -0.4 is 0 Å². The third-order valence-corrected chi connectivity index (χ3v) is 7.29. The quantitative estimate of drug-likeness (QED) is 0.490. The van der Waals surface area contributed by atoms with E-state index in [0.717, 1.165) is 24.2 Å². The van der Waals surface area contributed by atoms with Crippen LogP contribution in [0, 0.1) is 17.8 Å². The van der Waals surface area contributed by atoms with Crippen LogP contribution in [-0.4, -0.2) is 11.1 Å². The molecule has 2 unspecified atom stereocenters. The van der Waals surface area contributed by atoms with Crippen LogP contribution in [-0.2, 0) is 6.42 Å². The van der Waals surface area contributed by atoms with Crippen molar-refractivity contribution >= 4 is 5.97 Å². The summed E-state index contributed by atoms with van der Waals surface area (Å²) in [4.78, 5) is 11.4. The first-order valence-electron chi connectivity index (χ1n) is 11.5. The molecule has 3 rings (SSSR count). The van der Waals surface area contributed by atoms with Crippen LogP contribution in [0.4, 0.5) is 0 Å². The number of carbonyl (C=O) groups is 1. The summed E-state index contributed by atoms with van der Waals surface area (Å²) >= 11 is 0. The van der Waals surface area contributed by atoms with Crippen LogP contribution in [0.5, 0.6) is 0 Å². The van der Waals surface area contributed by atoms with Gasteiger partial charge in [-0.15, -0.1) is 0 Å². The third kappa shape index (κ3) is 5.15. The fourth-order valence-electron chi connectivity index (χ4n) is 5.67. The first kappa shape index (κ1) is 20.4. The molecule has 1 saturated carbocycles. The van der Waals surface area contributed by atoms with E-state index in [0.29, 0.717) is 11.5 Å². The molecule has 1 aromatic rings. The Bertz CT molecular complexity index is 613. The zero-order valence-electron chi connectivity index (χ0n) is 17.4. The minimum Gasteiger partial charge on any atom is -0.478 e. The van der Waals surface area contributed by atoms with Crippen LogP contribution in [0.25, 0.3) is 0 Å². The highest BCUT2D eigenvalue weighted by Gasteiger charge is 2.36. The average molecular weight is 371 g/mol. The molecule has 2 atom stereocenters. The lowest BCUT2D eigenvalue weighted by molar-refractivity contribution is 0.0696. The van der Waals surface area contributed by atoms with Gasteiger partial charge in [0, 0.05) is 0 Å². The van der Waals surface area contributed by atoms with E-state index in [1.165, 1.54) is 81.8 Å². The van der Waals surface area contributed by atoms with Crippen molar-refractivity contribution in [3.8, 4) is 0 Å². The molecule has 27 heavy (non-hydrogen) atoms. The number of hydrogen-bond acceptors (Lipinski definition) is 1. The van der Waals surface area contributed by atoms with Crippen molar-refractivity contribution in [1.82, 2.24) is 0 Å². The number of carboxylic acid groups (broad SMARTS) is 1. The molecule has 2 aliphatic rings. The molecule has 0 saturated heterocycles. The van der Waals surface area contributed by atoms with E-state index in [1.807, 2.05) is 12.1 Å². The molecule has 0 aliphatic heterocycles. The first-order chi connectivity index (χ1) is 13.1. The fourth-order valence-corrected chi connectivity index (χ4v) is 5.67. The second-order valence-corrected chi connectivity index (χ2v) is 9.27. The zero-order chi connectivity index (χ0) is 19.2. The molecule has 1 N–H and O–H groups in total. The highest BCUT2D eigenvalue weighted by molar-refractivity contribution is 5.88. The Kier molecular flexibility index (Phi) is 7.38. The number of fused-ring (bicyclic) bond motifs is 1. The summed E-state index contributed by atoms with van der Waals surface area (Å²) in [6.07, 6.45) is 15.9. The maximum Gasteiger partial charge on any atom is 0.335 e. The predicted octanol–water partition coefficient (Wildman–Crippen LogP) is 7.22. The first-order valence-corrected chi connectivity index (χ1v) is 11.5. The topological polar surface area (TPSA) is 37.3 Å². The highest BCUT2D eigenvalue weighted by Crippen LogP contribution is 2.48. The van der Waals surface area contributed by atoms with Gasteiger partial charge in [0.15, 0.2) is 0 Å². The number of hydrogen-bond donors (Lipinski definition) is 1. The molecule has 2 aliphatic carbocycles. The van der Waals surface area contributed by atoms with Crippen LogP contribution in [0.1, 0.15) is 112 Å².